The number of morpholine rings is 1. The van der Waals surface area contributed by atoms with E-state index in [2.05, 4.69) is 39.8 Å². The first kappa shape index (κ1) is 23.3. The maximum atomic E-state index is 5.62. The van der Waals surface area contributed by atoms with E-state index in [4.69, 9.17) is 24.7 Å². The quantitative estimate of drug-likeness (QED) is 0.442. The lowest BCUT2D eigenvalue weighted by Gasteiger charge is -2.32. The Morgan fingerprint density at radius 3 is 2.67 bits per heavy atom. The Morgan fingerprint density at radius 2 is 1.83 bits per heavy atom. The summed E-state index contributed by atoms with van der Waals surface area (Å²) in [4.78, 5) is 24.6. The number of ether oxygens (including phenoxy) is 1. The molecule has 0 amide bonds. The predicted molar refractivity (Wildman–Crippen MR) is 141 cm³/mol. The van der Waals surface area contributed by atoms with E-state index < -0.39 is 0 Å². The fourth-order valence-electron chi connectivity index (χ4n) is 5.49. The number of fused-ring (bicyclic) bond motifs is 2. The fourth-order valence-corrected chi connectivity index (χ4v) is 5.49. The predicted octanol–water partition coefficient (Wildman–Crippen LogP) is 2.42. The molecule has 6 rings (SSSR count). The van der Waals surface area contributed by atoms with E-state index in [9.17, 15) is 0 Å². The Balaban J connectivity index is 1.39. The number of rotatable bonds is 6. The Kier molecular flexibility index (Phi) is 6.32. The van der Waals surface area contributed by atoms with Crippen LogP contribution in [-0.2, 0) is 18.3 Å². The summed E-state index contributed by atoms with van der Waals surface area (Å²) in [5, 5.41) is 3.66. The van der Waals surface area contributed by atoms with Crippen molar-refractivity contribution >= 4 is 28.0 Å². The average Bonchev–Trinajstić information content (AvgIpc) is 3.41. The Hall–Kier alpha value is -3.08. The van der Waals surface area contributed by atoms with Gasteiger partial charge in [0.25, 0.3) is 0 Å². The van der Waals surface area contributed by atoms with Crippen LogP contribution in [0.1, 0.15) is 30.9 Å². The molecule has 0 bridgehead atoms. The summed E-state index contributed by atoms with van der Waals surface area (Å²) in [5.74, 6) is 3.33. The minimum absolute atomic E-state index is 0.584. The Morgan fingerprint density at radius 1 is 1.00 bits per heavy atom. The van der Waals surface area contributed by atoms with Crippen LogP contribution in [-0.4, -0.2) is 86.5 Å². The zero-order valence-corrected chi connectivity index (χ0v) is 21.4. The smallest absolute Gasteiger partial charge is 0.239 e. The second-order valence-corrected chi connectivity index (χ2v) is 9.95. The van der Waals surface area contributed by atoms with Gasteiger partial charge in [0.15, 0.2) is 17.0 Å². The largest absolute Gasteiger partial charge is 0.378 e. The summed E-state index contributed by atoms with van der Waals surface area (Å²) < 4.78 is 9.77. The SMILES string of the molecule is Cc1nc2ccccc2n1-c1nc(N2CCOCC2)c2nc(CNCC3CCCCN3C)n(C)c2n1. The van der Waals surface area contributed by atoms with Gasteiger partial charge in [-0.05, 0) is 45.5 Å². The molecule has 190 valence electrons. The highest BCUT2D eigenvalue weighted by molar-refractivity contribution is 5.86. The molecule has 2 aliphatic rings. The zero-order valence-electron chi connectivity index (χ0n) is 21.4. The number of aryl methyl sites for hydroxylation is 2. The molecule has 0 saturated carbocycles. The van der Waals surface area contributed by atoms with E-state index in [1.165, 1.54) is 25.8 Å². The number of para-hydroxylation sites is 2. The molecule has 36 heavy (non-hydrogen) atoms. The molecule has 10 heteroatoms. The van der Waals surface area contributed by atoms with Crippen molar-refractivity contribution in [3.63, 3.8) is 0 Å². The number of hydrogen-bond donors (Lipinski definition) is 1. The van der Waals surface area contributed by atoms with E-state index in [0.29, 0.717) is 31.7 Å². The van der Waals surface area contributed by atoms with Crippen LogP contribution < -0.4 is 10.2 Å². The number of benzene rings is 1. The third-order valence-corrected chi connectivity index (χ3v) is 7.60. The first-order valence-electron chi connectivity index (χ1n) is 13.0. The van der Waals surface area contributed by atoms with Crippen LogP contribution in [0.2, 0.25) is 0 Å². The Labute approximate surface area is 211 Å². The molecule has 2 saturated heterocycles. The number of nitrogens with one attached hydrogen (secondary N) is 1. The van der Waals surface area contributed by atoms with Gasteiger partial charge in [0.1, 0.15) is 11.6 Å². The summed E-state index contributed by atoms with van der Waals surface area (Å²) in [6, 6.07) is 8.71. The standard InChI is InChI=1S/C26H35N9O/c1-18-28-20-9-4-5-10-21(20)35(18)26-30-24-23(25(31-26)34-12-14-36-15-13-34)29-22(33(24)3)17-27-16-19-8-6-7-11-32(19)2/h4-5,9-10,19,27H,6-8,11-17H2,1-3H3. The van der Waals surface area contributed by atoms with E-state index in [1.54, 1.807) is 0 Å². The average molecular weight is 490 g/mol. The molecule has 1 unspecified atom stereocenters. The van der Waals surface area contributed by atoms with E-state index >= 15 is 0 Å². The van der Waals surface area contributed by atoms with Crippen LogP contribution >= 0.6 is 0 Å². The van der Waals surface area contributed by atoms with Gasteiger partial charge in [-0.25, -0.2) is 9.97 Å². The molecule has 0 aliphatic carbocycles. The third-order valence-electron chi connectivity index (χ3n) is 7.60. The normalized spacial score (nSPS) is 19.5. The van der Waals surface area contributed by atoms with Crippen LogP contribution in [0.15, 0.2) is 24.3 Å². The lowest BCUT2D eigenvalue weighted by atomic mass is 10.0. The second kappa shape index (κ2) is 9.76. The topological polar surface area (TPSA) is 89.2 Å². The molecule has 1 atom stereocenters. The number of likely N-dealkylation sites (N-methyl/N-ethyl adjacent to an activating group) is 1. The highest BCUT2D eigenvalue weighted by Crippen LogP contribution is 2.28. The van der Waals surface area contributed by atoms with Crippen molar-refractivity contribution in [2.24, 2.45) is 7.05 Å². The maximum Gasteiger partial charge on any atom is 0.239 e. The van der Waals surface area contributed by atoms with E-state index in [0.717, 1.165) is 59.3 Å². The molecule has 5 heterocycles. The van der Waals surface area contributed by atoms with E-state index in [1.807, 2.05) is 29.7 Å². The van der Waals surface area contributed by atoms with Gasteiger partial charge < -0.3 is 24.4 Å². The number of likely N-dealkylation sites (tertiary alicyclic amines) is 1. The van der Waals surface area contributed by atoms with Crippen molar-refractivity contribution in [1.29, 1.82) is 0 Å². The highest BCUT2D eigenvalue weighted by atomic mass is 16.5. The van der Waals surface area contributed by atoms with Gasteiger partial charge in [-0.3, -0.25) is 4.57 Å². The molecule has 3 aromatic heterocycles. The van der Waals surface area contributed by atoms with Crippen molar-refractivity contribution in [2.45, 2.75) is 38.8 Å². The number of piperidine rings is 1. The monoisotopic (exact) mass is 489 g/mol. The van der Waals surface area contributed by atoms with Crippen LogP contribution in [0.4, 0.5) is 5.82 Å². The van der Waals surface area contributed by atoms with Crippen molar-refractivity contribution < 1.29 is 4.74 Å². The third kappa shape index (κ3) is 4.23. The van der Waals surface area contributed by atoms with E-state index in [-0.39, 0.29) is 0 Å². The molecule has 2 aliphatic heterocycles. The lowest BCUT2D eigenvalue weighted by molar-refractivity contribution is 0.122. The summed E-state index contributed by atoms with van der Waals surface area (Å²) in [7, 11) is 4.28. The second-order valence-electron chi connectivity index (χ2n) is 9.95. The molecule has 10 nitrogen and oxygen atoms in total. The minimum Gasteiger partial charge on any atom is -0.378 e. The number of hydrogen-bond acceptors (Lipinski definition) is 8. The molecule has 2 fully saturated rings. The van der Waals surface area contributed by atoms with Gasteiger partial charge in [0.05, 0.1) is 30.8 Å². The summed E-state index contributed by atoms with van der Waals surface area (Å²) in [6.07, 6.45) is 3.86. The van der Waals surface area contributed by atoms with Crippen molar-refractivity contribution in [3.05, 3.63) is 35.9 Å². The highest BCUT2D eigenvalue weighted by Gasteiger charge is 2.24. The Bertz CT molecular complexity index is 1370. The van der Waals surface area contributed by atoms with Crippen molar-refractivity contribution in [1.82, 2.24) is 39.3 Å². The molecular formula is C26H35N9O. The van der Waals surface area contributed by atoms with Gasteiger partial charge in [-0.2, -0.15) is 9.97 Å². The molecule has 0 spiro atoms. The summed E-state index contributed by atoms with van der Waals surface area (Å²) >= 11 is 0. The van der Waals surface area contributed by atoms with Crippen molar-refractivity contribution in [3.8, 4) is 5.95 Å². The lowest BCUT2D eigenvalue weighted by Crippen LogP contribution is -2.43. The molecule has 4 aromatic rings. The molecule has 1 aromatic carbocycles. The molecule has 1 N–H and O–H groups in total. The van der Waals surface area contributed by atoms with Crippen LogP contribution in [0.3, 0.4) is 0 Å². The number of imidazole rings is 2. The number of nitrogens with zero attached hydrogens (tertiary/aromatic N) is 8. The van der Waals surface area contributed by atoms with Gasteiger partial charge in [0, 0.05) is 32.7 Å². The van der Waals surface area contributed by atoms with Gasteiger partial charge in [0.2, 0.25) is 5.95 Å². The van der Waals surface area contributed by atoms with Crippen molar-refractivity contribution in [2.75, 3.05) is 51.3 Å². The van der Waals surface area contributed by atoms with Crippen LogP contribution in [0.5, 0.6) is 0 Å². The maximum absolute atomic E-state index is 5.62. The number of aromatic nitrogens is 6. The van der Waals surface area contributed by atoms with Gasteiger partial charge in [-0.1, -0.05) is 18.6 Å². The van der Waals surface area contributed by atoms with Gasteiger partial charge in [-0.15, -0.1) is 0 Å². The summed E-state index contributed by atoms with van der Waals surface area (Å²) in [6.45, 7) is 7.79. The molecular weight excluding hydrogens is 454 g/mol. The molecule has 0 radical (unpaired) electrons. The first-order chi connectivity index (χ1) is 17.6. The fraction of sp³-hybridized carbons (Fsp3) is 0.538. The zero-order chi connectivity index (χ0) is 24.6. The first-order valence-corrected chi connectivity index (χ1v) is 13.0. The van der Waals surface area contributed by atoms with Crippen LogP contribution in [0, 0.1) is 6.92 Å². The number of anilines is 1. The van der Waals surface area contributed by atoms with Crippen LogP contribution in [0.25, 0.3) is 28.1 Å². The minimum atomic E-state index is 0.584. The van der Waals surface area contributed by atoms with Gasteiger partial charge >= 0.3 is 0 Å². The summed E-state index contributed by atoms with van der Waals surface area (Å²) in [5.41, 5.74) is 3.62.